The molecule has 1 aliphatic rings. The zero-order chi connectivity index (χ0) is 14.0. The van der Waals surface area contributed by atoms with Crippen LogP contribution in [0.25, 0.3) is 0 Å². The summed E-state index contributed by atoms with van der Waals surface area (Å²) in [7, 11) is 0. The first-order chi connectivity index (χ1) is 8.97. The minimum atomic E-state index is -1.29. The molecule has 1 aromatic carbocycles. The first-order valence-corrected chi connectivity index (χ1v) is 6.30. The fourth-order valence-corrected chi connectivity index (χ4v) is 1.93. The molecule has 0 spiro atoms. The number of hydrogen-bond donors (Lipinski definition) is 3. The highest BCUT2D eigenvalue weighted by atomic mass is 35.5. The lowest BCUT2D eigenvalue weighted by molar-refractivity contribution is -0.0365. The molecule has 0 unspecified atom stereocenters. The van der Waals surface area contributed by atoms with E-state index >= 15 is 0 Å². The summed E-state index contributed by atoms with van der Waals surface area (Å²) in [4.78, 5) is 8.41. The van der Waals surface area contributed by atoms with Crippen LogP contribution < -0.4 is 16.4 Å². The van der Waals surface area contributed by atoms with Gasteiger partial charge in [0.2, 0.25) is 5.79 Å². The van der Waals surface area contributed by atoms with Gasteiger partial charge in [-0.3, -0.25) is 5.73 Å². The van der Waals surface area contributed by atoms with Gasteiger partial charge in [-0.15, -0.1) is 0 Å². The minimum absolute atomic E-state index is 0.0668. The van der Waals surface area contributed by atoms with Crippen molar-refractivity contribution in [2.24, 2.45) is 15.7 Å². The van der Waals surface area contributed by atoms with E-state index in [-0.39, 0.29) is 19.8 Å². The number of aliphatic hydroxyl groups is 2. The van der Waals surface area contributed by atoms with Crippen LogP contribution in [0.4, 0.5) is 0 Å². The number of nitrogens with two attached hydrogens (primary N) is 1. The Morgan fingerprint density at radius 3 is 2.05 bits per heavy atom. The Labute approximate surface area is 119 Å². The van der Waals surface area contributed by atoms with Gasteiger partial charge in [0.05, 0.1) is 34.0 Å². The van der Waals surface area contributed by atoms with Crippen molar-refractivity contribution in [1.82, 2.24) is 0 Å². The summed E-state index contributed by atoms with van der Waals surface area (Å²) in [5.41, 5.74) is 5.96. The summed E-state index contributed by atoms with van der Waals surface area (Å²) in [5, 5.41) is 19.6. The number of benzene rings is 1. The number of ether oxygens (including phenoxy) is 1. The van der Waals surface area contributed by atoms with Crippen molar-refractivity contribution < 1.29 is 14.9 Å². The highest BCUT2D eigenvalue weighted by molar-refractivity contribution is 6.41. The zero-order valence-electron chi connectivity index (χ0n) is 9.88. The Bertz CT molecular complexity index is 549. The number of aliphatic hydroxyl groups excluding tert-OH is 2. The molecule has 104 valence electrons. The maximum Gasteiger partial charge on any atom is 0.227 e. The second-order valence-corrected chi connectivity index (χ2v) is 4.97. The number of fused-ring (bicyclic) bond motifs is 1. The van der Waals surface area contributed by atoms with Gasteiger partial charge in [-0.05, 0) is 12.1 Å². The molecule has 0 atom stereocenters. The van der Waals surface area contributed by atoms with Crippen LogP contribution in [0.2, 0.25) is 10.0 Å². The molecule has 0 bridgehead atoms. The molecule has 0 amide bonds. The largest absolute Gasteiger partial charge is 0.394 e. The van der Waals surface area contributed by atoms with Crippen LogP contribution in [0.3, 0.4) is 0 Å². The van der Waals surface area contributed by atoms with E-state index in [4.69, 9.17) is 43.9 Å². The summed E-state index contributed by atoms with van der Waals surface area (Å²) in [5.74, 6) is -1.29. The van der Waals surface area contributed by atoms with E-state index in [0.717, 1.165) is 0 Å². The van der Waals surface area contributed by atoms with Crippen LogP contribution >= 0.6 is 23.2 Å². The molecule has 0 fully saturated rings. The molecule has 2 rings (SSSR count). The molecule has 0 aromatic heterocycles. The summed E-state index contributed by atoms with van der Waals surface area (Å²) in [6, 6.07) is 3.15. The third-order valence-corrected chi connectivity index (χ3v) is 3.31. The summed E-state index contributed by atoms with van der Waals surface area (Å²) >= 11 is 11.8. The Balaban J connectivity index is 2.21. The number of halogens is 2. The topological polar surface area (TPSA) is 100 Å². The van der Waals surface area contributed by atoms with E-state index in [1.165, 1.54) is 0 Å². The van der Waals surface area contributed by atoms with Gasteiger partial charge >= 0.3 is 0 Å². The lowest BCUT2D eigenvalue weighted by Gasteiger charge is -2.20. The number of hydrogen-bond acceptors (Lipinski definition) is 6. The van der Waals surface area contributed by atoms with Crippen LogP contribution in [0.5, 0.6) is 0 Å². The average molecular weight is 306 g/mol. The summed E-state index contributed by atoms with van der Waals surface area (Å²) < 4.78 is 5.24. The van der Waals surface area contributed by atoms with E-state index in [1.54, 1.807) is 12.1 Å². The maximum absolute atomic E-state index is 8.91. The van der Waals surface area contributed by atoms with E-state index in [1.807, 2.05) is 0 Å². The fraction of sp³-hybridized carbons (Fsp3) is 0.455. The third-order valence-electron chi connectivity index (χ3n) is 2.58. The van der Waals surface area contributed by atoms with Gasteiger partial charge < -0.3 is 14.9 Å². The Morgan fingerprint density at radius 2 is 1.63 bits per heavy atom. The third kappa shape index (κ3) is 3.22. The van der Waals surface area contributed by atoms with Crippen molar-refractivity contribution in [3.63, 3.8) is 0 Å². The number of rotatable bonds is 5. The fourth-order valence-electron chi connectivity index (χ4n) is 1.62. The van der Waals surface area contributed by atoms with Crippen LogP contribution in [-0.2, 0) is 4.74 Å². The Kier molecular flexibility index (Phi) is 4.39. The Morgan fingerprint density at radius 1 is 1.16 bits per heavy atom. The molecule has 1 aromatic rings. The molecular weight excluding hydrogens is 293 g/mol. The average Bonchev–Trinajstić information content (AvgIpc) is 2.67. The van der Waals surface area contributed by atoms with Crippen molar-refractivity contribution >= 4 is 23.2 Å². The van der Waals surface area contributed by atoms with Crippen LogP contribution in [-0.4, -0.2) is 41.9 Å². The highest BCUT2D eigenvalue weighted by Crippen LogP contribution is 2.18. The SMILES string of the molecule is NC1(COC(CO)CO)N=c2cc(Cl)c(Cl)cc2=N1. The highest BCUT2D eigenvalue weighted by Gasteiger charge is 2.28. The lowest BCUT2D eigenvalue weighted by atomic mass is 10.3. The van der Waals surface area contributed by atoms with Gasteiger partial charge in [0.1, 0.15) is 12.7 Å². The van der Waals surface area contributed by atoms with Gasteiger partial charge in [-0.25, -0.2) is 9.98 Å². The molecule has 0 aliphatic carbocycles. The number of nitrogens with zero attached hydrogens (tertiary/aromatic N) is 2. The molecule has 0 saturated carbocycles. The predicted molar refractivity (Wildman–Crippen MR) is 69.6 cm³/mol. The predicted octanol–water partition coefficient (Wildman–Crippen LogP) is -0.772. The van der Waals surface area contributed by atoms with Crippen LogP contribution in [0.15, 0.2) is 22.1 Å². The second-order valence-electron chi connectivity index (χ2n) is 4.16. The molecule has 0 radical (unpaired) electrons. The van der Waals surface area contributed by atoms with Crippen molar-refractivity contribution in [2.75, 3.05) is 19.8 Å². The summed E-state index contributed by atoms with van der Waals surface area (Å²) in [6.07, 6.45) is -0.707. The smallest absolute Gasteiger partial charge is 0.227 e. The quantitative estimate of drug-likeness (QED) is 0.665. The minimum Gasteiger partial charge on any atom is -0.394 e. The van der Waals surface area contributed by atoms with Gasteiger partial charge in [0.15, 0.2) is 0 Å². The molecule has 6 nitrogen and oxygen atoms in total. The standard InChI is InChI=1S/C11H13Cl2N3O3/c12-7-1-9-10(2-8(7)13)16-11(14,15-9)5-19-6(3-17)4-18/h1-2,6,17-18H,3-5,14H2. The van der Waals surface area contributed by atoms with Crippen LogP contribution in [0, 0.1) is 0 Å². The maximum atomic E-state index is 8.91. The second kappa shape index (κ2) is 5.70. The summed E-state index contributed by atoms with van der Waals surface area (Å²) in [6.45, 7) is -0.683. The van der Waals surface area contributed by atoms with Gasteiger partial charge in [0.25, 0.3) is 0 Å². The first kappa shape index (κ1) is 14.6. The normalized spacial score (nSPS) is 16.1. The van der Waals surface area contributed by atoms with Gasteiger partial charge in [-0.2, -0.15) is 0 Å². The van der Waals surface area contributed by atoms with E-state index in [2.05, 4.69) is 9.98 Å². The van der Waals surface area contributed by atoms with Gasteiger partial charge in [-0.1, -0.05) is 23.2 Å². The van der Waals surface area contributed by atoms with E-state index in [0.29, 0.717) is 20.8 Å². The lowest BCUT2D eigenvalue weighted by Crippen LogP contribution is -2.42. The molecule has 0 saturated heterocycles. The molecule has 4 N–H and O–H groups in total. The van der Waals surface area contributed by atoms with Crippen molar-refractivity contribution in [1.29, 1.82) is 0 Å². The van der Waals surface area contributed by atoms with E-state index in [9.17, 15) is 0 Å². The van der Waals surface area contributed by atoms with Crippen molar-refractivity contribution in [3.05, 3.63) is 32.9 Å². The Hall–Kier alpha value is -0.760. The van der Waals surface area contributed by atoms with Crippen LogP contribution in [0.1, 0.15) is 0 Å². The van der Waals surface area contributed by atoms with Crippen molar-refractivity contribution in [3.8, 4) is 0 Å². The monoisotopic (exact) mass is 305 g/mol. The molecule has 1 aliphatic heterocycles. The molecule has 19 heavy (non-hydrogen) atoms. The first-order valence-electron chi connectivity index (χ1n) is 5.54. The molecule has 8 heteroatoms. The van der Waals surface area contributed by atoms with E-state index < -0.39 is 11.9 Å². The van der Waals surface area contributed by atoms with Gasteiger partial charge in [0, 0.05) is 0 Å². The zero-order valence-corrected chi connectivity index (χ0v) is 11.4. The molecule has 1 heterocycles. The van der Waals surface area contributed by atoms with Crippen molar-refractivity contribution in [2.45, 2.75) is 11.9 Å². The molecular formula is C11H13Cl2N3O3.